The Kier molecular flexibility index (Phi) is 7.24. The number of aryl methyl sites for hydroxylation is 1. The molecule has 1 aromatic carbocycles. The van der Waals surface area contributed by atoms with Crippen molar-refractivity contribution in [1.29, 1.82) is 0 Å². The van der Waals surface area contributed by atoms with Gasteiger partial charge >= 0.3 is 0 Å². The number of fused-ring (bicyclic) bond motifs is 1. The minimum Gasteiger partial charge on any atom is -0.356 e. The molecule has 0 radical (unpaired) electrons. The van der Waals surface area contributed by atoms with Crippen LogP contribution in [0.5, 0.6) is 0 Å². The summed E-state index contributed by atoms with van der Waals surface area (Å²) in [4.78, 5) is 10.4. The van der Waals surface area contributed by atoms with E-state index in [0.29, 0.717) is 12.5 Å². The second kappa shape index (κ2) is 9.19. The van der Waals surface area contributed by atoms with Crippen molar-refractivity contribution in [3.63, 3.8) is 0 Å². The zero-order valence-corrected chi connectivity index (χ0v) is 17.8. The number of para-hydroxylation sites is 2. The van der Waals surface area contributed by atoms with E-state index in [1.54, 1.807) is 18.4 Å². The molecule has 0 spiro atoms. The van der Waals surface area contributed by atoms with Gasteiger partial charge in [0.05, 0.1) is 17.6 Å². The predicted octanol–water partition coefficient (Wildman–Crippen LogP) is 3.72. The molecule has 2 heterocycles. The third kappa shape index (κ3) is 4.72. The summed E-state index contributed by atoms with van der Waals surface area (Å²) >= 11 is 1.79. The molecule has 0 amide bonds. The van der Waals surface area contributed by atoms with E-state index in [9.17, 15) is 0 Å². The molecule has 0 aliphatic heterocycles. The fraction of sp³-hybridized carbons (Fsp3) is 0.333. The molecule has 134 valence electrons. The molecule has 3 aromatic rings. The number of nitrogens with zero attached hydrogens (tertiary/aromatic N) is 3. The molecule has 2 aromatic heterocycles. The van der Waals surface area contributed by atoms with Crippen molar-refractivity contribution in [3.05, 3.63) is 52.5 Å². The molecule has 0 aliphatic carbocycles. The maximum atomic E-state index is 4.67. The van der Waals surface area contributed by atoms with Crippen molar-refractivity contribution in [1.82, 2.24) is 20.2 Å². The molecule has 25 heavy (non-hydrogen) atoms. The zero-order chi connectivity index (χ0) is 16.9. The standard InChI is InChI=1S/C18H23N5S.HI/c1-13(16-9-6-10-24-16)11-20-18(19-2)21-12-17-22-14-7-4-5-8-15(14)23(17)3;/h4-10,13H,11-12H2,1-3H3,(H2,19,20,21);1H. The number of nitrogens with one attached hydrogen (secondary N) is 2. The number of hydrogen-bond donors (Lipinski definition) is 2. The average molecular weight is 469 g/mol. The first-order valence-electron chi connectivity index (χ1n) is 8.07. The zero-order valence-electron chi connectivity index (χ0n) is 14.7. The van der Waals surface area contributed by atoms with Crippen LogP contribution in [0.15, 0.2) is 46.8 Å². The number of aliphatic imine (C=N–C) groups is 1. The third-order valence-corrected chi connectivity index (χ3v) is 5.23. The van der Waals surface area contributed by atoms with Gasteiger partial charge in [-0.25, -0.2) is 4.98 Å². The van der Waals surface area contributed by atoms with Crippen molar-refractivity contribution in [3.8, 4) is 0 Å². The van der Waals surface area contributed by atoms with Crippen LogP contribution >= 0.6 is 35.3 Å². The van der Waals surface area contributed by atoms with Crippen LogP contribution in [0.3, 0.4) is 0 Å². The van der Waals surface area contributed by atoms with E-state index in [1.165, 1.54) is 4.88 Å². The van der Waals surface area contributed by atoms with Crippen LogP contribution in [0.2, 0.25) is 0 Å². The molecule has 0 aliphatic rings. The number of guanidine groups is 1. The SMILES string of the molecule is CN=C(NCc1nc2ccccc2n1C)NCC(C)c1cccs1.I. The lowest BCUT2D eigenvalue weighted by Crippen LogP contribution is -2.39. The molecule has 0 bridgehead atoms. The maximum absolute atomic E-state index is 4.67. The van der Waals surface area contributed by atoms with Crippen LogP contribution in [0, 0.1) is 0 Å². The van der Waals surface area contributed by atoms with E-state index in [1.807, 2.05) is 25.2 Å². The van der Waals surface area contributed by atoms with Gasteiger partial charge < -0.3 is 15.2 Å². The van der Waals surface area contributed by atoms with Gasteiger partial charge in [0.1, 0.15) is 5.82 Å². The van der Waals surface area contributed by atoms with Crippen LogP contribution < -0.4 is 10.6 Å². The normalized spacial score (nSPS) is 12.7. The van der Waals surface area contributed by atoms with Gasteiger partial charge in [-0.05, 0) is 23.6 Å². The number of benzene rings is 1. The Bertz CT molecular complexity index is 825. The van der Waals surface area contributed by atoms with Crippen molar-refractivity contribution in [2.45, 2.75) is 19.4 Å². The molecule has 3 rings (SSSR count). The first-order valence-corrected chi connectivity index (χ1v) is 8.95. The lowest BCUT2D eigenvalue weighted by atomic mass is 10.1. The van der Waals surface area contributed by atoms with Gasteiger partial charge in [0.15, 0.2) is 5.96 Å². The number of halogens is 1. The van der Waals surface area contributed by atoms with Gasteiger partial charge in [0.2, 0.25) is 0 Å². The Hall–Kier alpha value is -1.61. The third-order valence-electron chi connectivity index (χ3n) is 4.12. The second-order valence-electron chi connectivity index (χ2n) is 5.80. The van der Waals surface area contributed by atoms with Crippen LogP contribution in [0.25, 0.3) is 11.0 Å². The molecule has 5 nitrogen and oxygen atoms in total. The van der Waals surface area contributed by atoms with Crippen molar-refractivity contribution in [2.75, 3.05) is 13.6 Å². The van der Waals surface area contributed by atoms with E-state index >= 15 is 0 Å². The van der Waals surface area contributed by atoms with Crippen LogP contribution in [-0.4, -0.2) is 29.1 Å². The van der Waals surface area contributed by atoms with E-state index in [4.69, 9.17) is 0 Å². The summed E-state index contributed by atoms with van der Waals surface area (Å²) in [5.74, 6) is 2.25. The molecule has 1 atom stereocenters. The Morgan fingerprint density at radius 3 is 2.72 bits per heavy atom. The number of rotatable bonds is 5. The molecular weight excluding hydrogens is 445 g/mol. The highest BCUT2D eigenvalue weighted by Crippen LogP contribution is 2.19. The van der Waals surface area contributed by atoms with Crippen LogP contribution in [0.1, 0.15) is 23.5 Å². The molecule has 0 fully saturated rings. The van der Waals surface area contributed by atoms with Gasteiger partial charge in [0, 0.05) is 31.4 Å². The second-order valence-corrected chi connectivity index (χ2v) is 6.78. The summed E-state index contributed by atoms with van der Waals surface area (Å²) in [5, 5.41) is 8.85. The topological polar surface area (TPSA) is 54.2 Å². The number of imidazole rings is 1. The first kappa shape index (κ1) is 19.7. The molecule has 0 saturated carbocycles. The summed E-state index contributed by atoms with van der Waals surface area (Å²) in [6.45, 7) is 3.71. The summed E-state index contributed by atoms with van der Waals surface area (Å²) in [6, 6.07) is 12.4. The van der Waals surface area contributed by atoms with Crippen molar-refractivity contribution < 1.29 is 0 Å². The molecule has 2 N–H and O–H groups in total. The quantitative estimate of drug-likeness (QED) is 0.340. The van der Waals surface area contributed by atoms with Gasteiger partial charge in [-0.2, -0.15) is 0 Å². The van der Waals surface area contributed by atoms with Crippen LogP contribution in [-0.2, 0) is 13.6 Å². The number of thiophene rings is 1. The summed E-state index contributed by atoms with van der Waals surface area (Å²) < 4.78 is 2.11. The molecular formula is C18H24IN5S. The lowest BCUT2D eigenvalue weighted by molar-refractivity contribution is 0.693. The van der Waals surface area contributed by atoms with Gasteiger partial charge in [-0.3, -0.25) is 4.99 Å². The minimum atomic E-state index is 0. The fourth-order valence-electron chi connectivity index (χ4n) is 2.66. The summed E-state index contributed by atoms with van der Waals surface area (Å²) in [5.41, 5.74) is 2.16. The summed E-state index contributed by atoms with van der Waals surface area (Å²) in [6.07, 6.45) is 0. The summed E-state index contributed by atoms with van der Waals surface area (Å²) in [7, 11) is 3.83. The first-order chi connectivity index (χ1) is 11.7. The van der Waals surface area contributed by atoms with Gasteiger partial charge in [-0.15, -0.1) is 35.3 Å². The van der Waals surface area contributed by atoms with E-state index in [2.05, 4.69) is 55.7 Å². The maximum Gasteiger partial charge on any atom is 0.191 e. The van der Waals surface area contributed by atoms with E-state index in [-0.39, 0.29) is 24.0 Å². The largest absolute Gasteiger partial charge is 0.356 e. The number of hydrogen-bond acceptors (Lipinski definition) is 3. The fourth-order valence-corrected chi connectivity index (χ4v) is 3.45. The van der Waals surface area contributed by atoms with Gasteiger partial charge in [0.25, 0.3) is 0 Å². The Morgan fingerprint density at radius 2 is 2.04 bits per heavy atom. The molecule has 0 saturated heterocycles. The van der Waals surface area contributed by atoms with Crippen molar-refractivity contribution in [2.24, 2.45) is 12.0 Å². The monoisotopic (exact) mass is 469 g/mol. The Balaban J connectivity index is 0.00000225. The highest BCUT2D eigenvalue weighted by atomic mass is 127. The Labute approximate surface area is 169 Å². The predicted molar refractivity (Wildman–Crippen MR) is 117 cm³/mol. The highest BCUT2D eigenvalue weighted by molar-refractivity contribution is 14.0. The van der Waals surface area contributed by atoms with Crippen molar-refractivity contribution >= 4 is 52.3 Å². The Morgan fingerprint density at radius 1 is 1.24 bits per heavy atom. The van der Waals surface area contributed by atoms with Gasteiger partial charge in [-0.1, -0.05) is 25.1 Å². The lowest BCUT2D eigenvalue weighted by Gasteiger charge is -2.15. The van der Waals surface area contributed by atoms with Crippen LogP contribution in [0.4, 0.5) is 0 Å². The molecule has 7 heteroatoms. The van der Waals surface area contributed by atoms with E-state index < -0.39 is 0 Å². The van der Waals surface area contributed by atoms with E-state index in [0.717, 1.165) is 29.4 Å². The number of aromatic nitrogens is 2. The highest BCUT2D eigenvalue weighted by Gasteiger charge is 2.10. The minimum absolute atomic E-state index is 0. The average Bonchev–Trinajstić information content (AvgIpc) is 3.24. The smallest absolute Gasteiger partial charge is 0.191 e. The molecule has 1 unspecified atom stereocenters.